The second-order valence-electron chi connectivity index (χ2n) is 15.3. The fourth-order valence-electron chi connectivity index (χ4n) is 9.46. The highest BCUT2D eigenvalue weighted by Gasteiger charge is 2.55. The first-order valence-electron chi connectivity index (χ1n) is 17.8. The number of anilines is 1. The van der Waals surface area contributed by atoms with E-state index in [4.69, 9.17) is 24.4 Å². The van der Waals surface area contributed by atoms with Crippen molar-refractivity contribution in [2.24, 2.45) is 17.3 Å². The van der Waals surface area contributed by atoms with Crippen molar-refractivity contribution in [3.8, 4) is 28.9 Å². The lowest BCUT2D eigenvalue weighted by atomic mass is 9.94. The van der Waals surface area contributed by atoms with Crippen molar-refractivity contribution in [1.82, 2.24) is 25.2 Å². The number of aliphatic hydroxyl groups is 1. The summed E-state index contributed by atoms with van der Waals surface area (Å²) >= 11 is 0. The first-order chi connectivity index (χ1) is 23.8. The Hall–Kier alpha value is -3.87. The Morgan fingerprint density at radius 3 is 2.80 bits per heavy atom. The van der Waals surface area contributed by atoms with Crippen LogP contribution in [0.15, 0.2) is 24.3 Å². The van der Waals surface area contributed by atoms with Crippen LogP contribution in [0.1, 0.15) is 44.6 Å². The molecular formula is C37H40F2N6O4. The summed E-state index contributed by atoms with van der Waals surface area (Å²) in [5, 5.41) is 26.0. The first-order valence-corrected chi connectivity index (χ1v) is 17.8. The number of nitrogens with zero attached hydrogens (tertiary/aromatic N) is 5. The minimum atomic E-state index is -0.700. The van der Waals surface area contributed by atoms with Crippen LogP contribution in [0.3, 0.4) is 0 Å². The zero-order valence-electron chi connectivity index (χ0n) is 27.5. The highest BCUT2D eigenvalue weighted by molar-refractivity contribution is 6.03. The van der Waals surface area contributed by atoms with E-state index in [1.54, 1.807) is 12.1 Å². The largest absolute Gasteiger partial charge is 0.508 e. The summed E-state index contributed by atoms with van der Waals surface area (Å²) in [7, 11) is 0. The molecule has 2 saturated carbocycles. The number of phenolic OH excluding ortho intramolecular Hbond substituents is 1. The van der Waals surface area contributed by atoms with E-state index in [1.165, 1.54) is 18.6 Å². The number of piperazine rings is 1. The van der Waals surface area contributed by atoms with Crippen LogP contribution in [-0.2, 0) is 6.42 Å². The van der Waals surface area contributed by atoms with Gasteiger partial charge >= 0.3 is 6.01 Å². The van der Waals surface area contributed by atoms with Crippen LogP contribution >= 0.6 is 0 Å². The van der Waals surface area contributed by atoms with Crippen LogP contribution in [0, 0.1) is 28.9 Å². The molecule has 6 atom stereocenters. The number of hydrogen-bond donors (Lipinski definition) is 3. The van der Waals surface area contributed by atoms with Gasteiger partial charge in [0.15, 0.2) is 5.82 Å². The number of aliphatic hydroxyl groups excluding tert-OH is 1. The lowest BCUT2D eigenvalue weighted by Crippen LogP contribution is -2.60. The van der Waals surface area contributed by atoms with Crippen LogP contribution in [0.4, 0.5) is 14.6 Å². The van der Waals surface area contributed by atoms with Gasteiger partial charge in [0, 0.05) is 48.7 Å². The predicted octanol–water partition coefficient (Wildman–Crippen LogP) is 4.56. The van der Waals surface area contributed by atoms with E-state index in [0.717, 1.165) is 38.8 Å². The van der Waals surface area contributed by atoms with Crippen LogP contribution in [-0.4, -0.2) is 93.7 Å². The number of aromatic nitrogens is 3. The standard InChI is InChI=1S/C37H40F2N6O4/c1-2-22-25(38)5-3-18-9-21(47)11-24(29(18)22)32-31(39)33-30-34(45-13-20-4-6-26(40-20)28(45)15-48-35(30)41-32)43-36(42-33)49-17-37(7-8-37)16-44-12-19-10-23(19)27(44)14-46/h3,5,9,11,19-20,23,26-28,40,46-47H,2,4,6-8,10,12-17H2,1H3. The van der Waals surface area contributed by atoms with Crippen LogP contribution in [0.2, 0.25) is 0 Å². The molecule has 2 aromatic carbocycles. The number of nitrogens with one attached hydrogen (secondary N) is 1. The molecule has 2 aromatic heterocycles. The van der Waals surface area contributed by atoms with Crippen molar-refractivity contribution in [3.63, 3.8) is 0 Å². The van der Waals surface area contributed by atoms with E-state index >= 15 is 8.78 Å². The lowest BCUT2D eigenvalue weighted by molar-refractivity contribution is 0.0966. The summed E-state index contributed by atoms with van der Waals surface area (Å²) < 4.78 is 45.1. The molecule has 2 aliphatic carbocycles. The second kappa shape index (κ2) is 10.8. The van der Waals surface area contributed by atoms with E-state index in [9.17, 15) is 10.2 Å². The molecule has 10 nitrogen and oxygen atoms in total. The maximum atomic E-state index is 17.2. The third-order valence-corrected chi connectivity index (χ3v) is 12.3. The molecule has 256 valence electrons. The van der Waals surface area contributed by atoms with E-state index in [-0.39, 0.29) is 70.6 Å². The number of fused-ring (bicyclic) bond motifs is 7. The van der Waals surface area contributed by atoms with E-state index in [2.05, 4.69) is 15.1 Å². The molecule has 3 N–H and O–H groups in total. The Kier molecular flexibility index (Phi) is 6.62. The van der Waals surface area contributed by atoms with Crippen LogP contribution < -0.4 is 19.7 Å². The fourth-order valence-corrected chi connectivity index (χ4v) is 9.46. The highest BCUT2D eigenvalue weighted by Crippen LogP contribution is 2.54. The maximum absolute atomic E-state index is 17.2. The molecule has 0 spiro atoms. The van der Waals surface area contributed by atoms with Gasteiger partial charge in [-0.15, -0.1) is 0 Å². The predicted molar refractivity (Wildman–Crippen MR) is 179 cm³/mol. The van der Waals surface area contributed by atoms with Crippen molar-refractivity contribution < 1.29 is 28.5 Å². The SMILES string of the molecule is CCc1c(F)ccc2cc(O)cc(-c3nc4c5c(nc(OCC6(CN7CC8CC8C7CO)CC6)nc5c3F)N3CC5CCC(N5)C3CO4)c12. The van der Waals surface area contributed by atoms with Gasteiger partial charge in [-0.1, -0.05) is 13.0 Å². The summed E-state index contributed by atoms with van der Waals surface area (Å²) in [5.41, 5.74) is 0.600. The van der Waals surface area contributed by atoms with Gasteiger partial charge in [-0.3, -0.25) is 4.90 Å². The molecule has 6 heterocycles. The number of aromatic hydroxyl groups is 1. The topological polar surface area (TPSA) is 116 Å². The van der Waals surface area contributed by atoms with E-state index in [1.807, 2.05) is 6.92 Å². The third-order valence-electron chi connectivity index (χ3n) is 12.3. The van der Waals surface area contributed by atoms with Crippen molar-refractivity contribution in [2.75, 3.05) is 44.4 Å². The average Bonchev–Trinajstić information content (AvgIpc) is 3.99. The number of piperidine rings is 1. The summed E-state index contributed by atoms with van der Waals surface area (Å²) in [4.78, 5) is 19.1. The Morgan fingerprint density at radius 2 is 1.98 bits per heavy atom. The summed E-state index contributed by atoms with van der Waals surface area (Å²) in [6.45, 7) is 5.33. The van der Waals surface area contributed by atoms with Gasteiger partial charge in [0.25, 0.3) is 0 Å². The van der Waals surface area contributed by atoms with Crippen molar-refractivity contribution in [3.05, 3.63) is 41.5 Å². The number of halogens is 2. The van der Waals surface area contributed by atoms with E-state index < -0.39 is 11.6 Å². The molecule has 6 aliphatic rings. The quantitative estimate of drug-likeness (QED) is 0.246. The number of likely N-dealkylation sites (tertiary alicyclic amines) is 1. The fraction of sp³-hybridized carbons (Fsp3) is 0.541. The molecule has 0 radical (unpaired) electrons. The van der Waals surface area contributed by atoms with E-state index in [0.29, 0.717) is 65.6 Å². The Bertz CT molecular complexity index is 2030. The summed E-state index contributed by atoms with van der Waals surface area (Å²) in [5.74, 6) is 0.902. The number of benzene rings is 2. The minimum absolute atomic E-state index is 0.0299. The molecule has 6 unspecified atom stereocenters. The van der Waals surface area contributed by atoms with Gasteiger partial charge in [0.2, 0.25) is 5.88 Å². The third kappa shape index (κ3) is 4.70. The maximum Gasteiger partial charge on any atom is 0.319 e. The zero-order chi connectivity index (χ0) is 33.2. The number of aryl methyl sites for hydroxylation is 1. The van der Waals surface area contributed by atoms with Gasteiger partial charge in [0.1, 0.15) is 40.6 Å². The molecule has 4 aliphatic heterocycles. The van der Waals surface area contributed by atoms with Crippen molar-refractivity contribution in [1.29, 1.82) is 0 Å². The van der Waals surface area contributed by atoms with Crippen LogP contribution in [0.5, 0.6) is 17.6 Å². The molecule has 49 heavy (non-hydrogen) atoms. The number of pyridine rings is 1. The van der Waals surface area contributed by atoms with Gasteiger partial charge in [0.05, 0.1) is 19.3 Å². The van der Waals surface area contributed by atoms with Gasteiger partial charge in [-0.2, -0.15) is 9.97 Å². The molecule has 12 heteroatoms. The smallest absolute Gasteiger partial charge is 0.319 e. The molecule has 4 aromatic rings. The Labute approximate surface area is 282 Å². The normalized spacial score (nSPS) is 29.1. The van der Waals surface area contributed by atoms with Crippen molar-refractivity contribution >= 4 is 27.5 Å². The summed E-state index contributed by atoms with van der Waals surface area (Å²) in [6.07, 6.45) is 5.67. The zero-order valence-corrected chi connectivity index (χ0v) is 27.5. The van der Waals surface area contributed by atoms with Crippen molar-refractivity contribution in [2.45, 2.75) is 69.6 Å². The molecule has 10 rings (SSSR count). The number of phenols is 1. The molecule has 2 bridgehead atoms. The molecule has 5 fully saturated rings. The Balaban J connectivity index is 1.09. The second-order valence-corrected chi connectivity index (χ2v) is 15.3. The molecular weight excluding hydrogens is 630 g/mol. The number of ether oxygens (including phenoxy) is 2. The lowest BCUT2D eigenvalue weighted by Gasteiger charge is -2.40. The van der Waals surface area contributed by atoms with Crippen LogP contribution in [0.25, 0.3) is 32.9 Å². The molecule has 0 amide bonds. The Morgan fingerprint density at radius 1 is 1.10 bits per heavy atom. The number of rotatable bonds is 8. The highest BCUT2D eigenvalue weighted by atomic mass is 19.1. The minimum Gasteiger partial charge on any atom is -0.508 e. The number of hydrogen-bond acceptors (Lipinski definition) is 10. The van der Waals surface area contributed by atoms with Gasteiger partial charge in [-0.05, 0) is 84.9 Å². The monoisotopic (exact) mass is 670 g/mol. The van der Waals surface area contributed by atoms with Gasteiger partial charge < -0.3 is 29.9 Å². The summed E-state index contributed by atoms with van der Waals surface area (Å²) in [6, 6.07) is 6.71. The molecule has 3 saturated heterocycles. The van der Waals surface area contributed by atoms with Gasteiger partial charge in [-0.25, -0.2) is 13.8 Å². The first kappa shape index (κ1) is 30.0. The average molecular weight is 671 g/mol.